The van der Waals surface area contributed by atoms with Crippen molar-refractivity contribution in [2.75, 3.05) is 5.32 Å². The minimum atomic E-state index is -0.685. The van der Waals surface area contributed by atoms with Crippen LogP contribution >= 0.6 is 0 Å². The molecular weight excluding hydrogens is 296 g/mol. The van der Waals surface area contributed by atoms with Crippen molar-refractivity contribution in [3.8, 4) is 0 Å². The number of amides is 1. The van der Waals surface area contributed by atoms with Gasteiger partial charge in [0.2, 0.25) is 5.91 Å². The maximum absolute atomic E-state index is 12.7. The first-order valence-corrected chi connectivity index (χ1v) is 7.97. The van der Waals surface area contributed by atoms with Crippen molar-refractivity contribution in [3.63, 3.8) is 0 Å². The van der Waals surface area contributed by atoms with Gasteiger partial charge >= 0.3 is 0 Å². The van der Waals surface area contributed by atoms with Crippen molar-refractivity contribution in [3.05, 3.63) is 102 Å². The average molecular weight is 316 g/mol. The summed E-state index contributed by atoms with van der Waals surface area (Å²) in [6.07, 6.45) is 0. The first-order chi connectivity index (χ1) is 11.8. The van der Waals surface area contributed by atoms with Crippen LogP contribution in [0.1, 0.15) is 17.0 Å². The fourth-order valence-electron chi connectivity index (χ4n) is 2.83. The summed E-state index contributed by atoms with van der Waals surface area (Å²) in [6, 6.07) is 28.5. The molecule has 3 aromatic rings. The zero-order valence-corrected chi connectivity index (χ0v) is 13.3. The van der Waals surface area contributed by atoms with Gasteiger partial charge in [0, 0.05) is 11.6 Å². The largest absolute Gasteiger partial charge is 0.325 e. The summed E-state index contributed by atoms with van der Waals surface area (Å²) in [4.78, 5) is 12.7. The zero-order valence-electron chi connectivity index (χ0n) is 13.3. The Balaban J connectivity index is 1.89. The van der Waals surface area contributed by atoms with Crippen molar-refractivity contribution in [1.82, 2.24) is 0 Å². The molecule has 0 radical (unpaired) electrons. The fraction of sp³-hybridized carbons (Fsp3) is 0.0952. The lowest BCUT2D eigenvalue weighted by Gasteiger charge is -2.24. The van der Waals surface area contributed by atoms with Gasteiger partial charge < -0.3 is 11.1 Å². The second-order valence-corrected chi connectivity index (χ2v) is 5.68. The molecule has 1 amide bonds. The van der Waals surface area contributed by atoms with E-state index in [1.165, 1.54) is 0 Å². The van der Waals surface area contributed by atoms with Crippen LogP contribution in [0.15, 0.2) is 91.0 Å². The van der Waals surface area contributed by atoms with E-state index in [1.54, 1.807) is 0 Å². The molecule has 0 unspecified atom stereocenters. The highest BCUT2D eigenvalue weighted by atomic mass is 16.2. The maximum Gasteiger partial charge on any atom is 0.242 e. The molecule has 3 rings (SSSR count). The van der Waals surface area contributed by atoms with Crippen LogP contribution in [0.3, 0.4) is 0 Å². The van der Waals surface area contributed by atoms with Crippen molar-refractivity contribution < 1.29 is 4.79 Å². The van der Waals surface area contributed by atoms with Gasteiger partial charge in [-0.1, -0.05) is 78.9 Å². The maximum atomic E-state index is 12.7. The van der Waals surface area contributed by atoms with Crippen LogP contribution in [0, 0.1) is 0 Å². The van der Waals surface area contributed by atoms with E-state index in [2.05, 4.69) is 5.32 Å². The number of rotatable bonds is 5. The molecule has 0 bridgehead atoms. The van der Waals surface area contributed by atoms with Gasteiger partial charge in [0.05, 0.1) is 6.04 Å². The summed E-state index contributed by atoms with van der Waals surface area (Å²) in [7, 11) is 0. The molecule has 3 N–H and O–H groups in total. The molecule has 0 saturated carbocycles. The number of nitrogens with two attached hydrogens (primary N) is 1. The standard InChI is InChI=1S/C21H20N2O/c22-20(21(24)23-18-14-8-3-9-15-18)19(16-10-4-1-5-11-16)17-12-6-2-7-13-17/h1-15,19-20H,22H2,(H,23,24)/t20-/m0/s1. The molecule has 0 saturated heterocycles. The molecule has 120 valence electrons. The predicted octanol–water partition coefficient (Wildman–Crippen LogP) is 3.78. The van der Waals surface area contributed by atoms with E-state index in [4.69, 9.17) is 5.73 Å². The number of nitrogens with one attached hydrogen (secondary N) is 1. The Kier molecular flexibility index (Phi) is 5.04. The molecule has 0 aliphatic carbocycles. The predicted molar refractivity (Wildman–Crippen MR) is 97.8 cm³/mol. The Morgan fingerprint density at radius 3 is 1.58 bits per heavy atom. The van der Waals surface area contributed by atoms with Crippen molar-refractivity contribution in [1.29, 1.82) is 0 Å². The Bertz CT molecular complexity index is 733. The summed E-state index contributed by atoms with van der Waals surface area (Å²) in [6.45, 7) is 0. The third-order valence-corrected chi connectivity index (χ3v) is 4.02. The first kappa shape index (κ1) is 16.0. The van der Waals surface area contributed by atoms with E-state index in [-0.39, 0.29) is 11.8 Å². The monoisotopic (exact) mass is 316 g/mol. The Labute approximate surface area is 142 Å². The number of hydrogen-bond donors (Lipinski definition) is 2. The Morgan fingerprint density at radius 1 is 0.708 bits per heavy atom. The lowest BCUT2D eigenvalue weighted by atomic mass is 9.85. The van der Waals surface area contributed by atoms with Gasteiger partial charge in [-0.15, -0.1) is 0 Å². The lowest BCUT2D eigenvalue weighted by Crippen LogP contribution is -2.41. The van der Waals surface area contributed by atoms with E-state index in [9.17, 15) is 4.79 Å². The molecule has 0 fully saturated rings. The normalized spacial score (nSPS) is 11.9. The van der Waals surface area contributed by atoms with Crippen LogP contribution in [-0.2, 0) is 4.79 Å². The summed E-state index contributed by atoms with van der Waals surface area (Å²) < 4.78 is 0. The summed E-state index contributed by atoms with van der Waals surface area (Å²) in [5.74, 6) is -0.394. The van der Waals surface area contributed by atoms with Gasteiger partial charge in [0.15, 0.2) is 0 Å². The van der Waals surface area contributed by atoms with E-state index >= 15 is 0 Å². The summed E-state index contributed by atoms with van der Waals surface area (Å²) >= 11 is 0. The smallest absolute Gasteiger partial charge is 0.242 e. The van der Waals surface area contributed by atoms with Gasteiger partial charge in [-0.25, -0.2) is 0 Å². The van der Waals surface area contributed by atoms with E-state index < -0.39 is 6.04 Å². The molecule has 3 heteroatoms. The molecule has 1 atom stereocenters. The number of para-hydroxylation sites is 1. The molecule has 0 heterocycles. The number of carbonyl (C=O) groups is 1. The van der Waals surface area contributed by atoms with Gasteiger partial charge in [-0.2, -0.15) is 0 Å². The van der Waals surface area contributed by atoms with Gasteiger partial charge in [0.1, 0.15) is 0 Å². The van der Waals surface area contributed by atoms with E-state index in [0.717, 1.165) is 16.8 Å². The third-order valence-electron chi connectivity index (χ3n) is 4.02. The summed E-state index contributed by atoms with van der Waals surface area (Å²) in [5, 5.41) is 2.90. The van der Waals surface area contributed by atoms with Crippen molar-refractivity contribution in [2.45, 2.75) is 12.0 Å². The highest BCUT2D eigenvalue weighted by molar-refractivity contribution is 5.95. The Morgan fingerprint density at radius 2 is 1.12 bits per heavy atom. The van der Waals surface area contributed by atoms with Gasteiger partial charge in [-0.3, -0.25) is 4.79 Å². The highest BCUT2D eigenvalue weighted by Crippen LogP contribution is 2.27. The molecule has 0 aromatic heterocycles. The molecular formula is C21H20N2O. The van der Waals surface area contributed by atoms with Crippen LogP contribution in [-0.4, -0.2) is 11.9 Å². The quantitative estimate of drug-likeness (QED) is 0.752. The van der Waals surface area contributed by atoms with Gasteiger partial charge in [0.25, 0.3) is 0 Å². The minimum Gasteiger partial charge on any atom is -0.325 e. The van der Waals surface area contributed by atoms with Crippen molar-refractivity contribution >= 4 is 11.6 Å². The SMILES string of the molecule is N[C@H](C(=O)Nc1ccccc1)C(c1ccccc1)c1ccccc1. The lowest BCUT2D eigenvalue weighted by molar-refractivity contribution is -0.117. The van der Waals surface area contributed by atoms with Crippen LogP contribution in [0.5, 0.6) is 0 Å². The summed E-state index contributed by atoms with van der Waals surface area (Å²) in [5.41, 5.74) is 9.16. The average Bonchev–Trinajstić information content (AvgIpc) is 2.64. The highest BCUT2D eigenvalue weighted by Gasteiger charge is 2.27. The number of hydrogen-bond acceptors (Lipinski definition) is 2. The first-order valence-electron chi connectivity index (χ1n) is 7.97. The Hall–Kier alpha value is -2.91. The molecule has 0 spiro atoms. The van der Waals surface area contributed by atoms with Gasteiger partial charge in [-0.05, 0) is 23.3 Å². The molecule has 3 aromatic carbocycles. The number of anilines is 1. The van der Waals surface area contributed by atoms with Crippen LogP contribution in [0.4, 0.5) is 5.69 Å². The fourth-order valence-corrected chi connectivity index (χ4v) is 2.83. The molecule has 0 aliphatic rings. The number of benzene rings is 3. The third kappa shape index (κ3) is 3.70. The molecule has 24 heavy (non-hydrogen) atoms. The van der Waals surface area contributed by atoms with E-state index in [0.29, 0.717) is 0 Å². The minimum absolute atomic E-state index is 0.195. The second kappa shape index (κ2) is 7.57. The van der Waals surface area contributed by atoms with Crippen molar-refractivity contribution in [2.24, 2.45) is 5.73 Å². The molecule has 0 aliphatic heterocycles. The molecule has 3 nitrogen and oxygen atoms in total. The van der Waals surface area contributed by atoms with Crippen LogP contribution in [0.25, 0.3) is 0 Å². The zero-order chi connectivity index (χ0) is 16.8. The number of carbonyl (C=O) groups excluding carboxylic acids is 1. The van der Waals surface area contributed by atoms with Crippen LogP contribution in [0.2, 0.25) is 0 Å². The topological polar surface area (TPSA) is 55.1 Å². The second-order valence-electron chi connectivity index (χ2n) is 5.68. The van der Waals surface area contributed by atoms with E-state index in [1.807, 2.05) is 91.0 Å². The van der Waals surface area contributed by atoms with Crippen LogP contribution < -0.4 is 11.1 Å².